The van der Waals surface area contributed by atoms with Crippen LogP contribution in [0.4, 0.5) is 0 Å². The summed E-state index contributed by atoms with van der Waals surface area (Å²) in [6.07, 6.45) is 0. The van der Waals surface area contributed by atoms with Gasteiger partial charge in [-0.05, 0) is 18.2 Å². The maximum atomic E-state index is 12.0. The molecule has 0 unspecified atom stereocenters. The molecule has 0 aliphatic heterocycles. The summed E-state index contributed by atoms with van der Waals surface area (Å²) >= 11 is 11.7. The number of carbonyl (C=O) groups excluding carboxylic acids is 2. The molecule has 0 bridgehead atoms. The first-order valence-electron chi connectivity index (χ1n) is 5.18. The quantitative estimate of drug-likeness (QED) is 0.627. The summed E-state index contributed by atoms with van der Waals surface area (Å²) in [4.78, 5) is 24.0. The van der Waals surface area contributed by atoms with Gasteiger partial charge in [-0.1, -0.05) is 53.5 Å². The smallest absolute Gasteiger partial charge is 0.235 e. The van der Waals surface area contributed by atoms with Gasteiger partial charge in [0.2, 0.25) is 11.6 Å². The topological polar surface area (TPSA) is 34.1 Å². The Morgan fingerprint density at radius 1 is 0.833 bits per heavy atom. The molecule has 0 aromatic heterocycles. The van der Waals surface area contributed by atoms with Crippen LogP contribution in [0.25, 0.3) is 0 Å². The van der Waals surface area contributed by atoms with Gasteiger partial charge in [0.05, 0.1) is 5.02 Å². The molecular formula is C14H8Cl2O2. The summed E-state index contributed by atoms with van der Waals surface area (Å²) in [5, 5.41) is 0.581. The minimum Gasteiger partial charge on any atom is -0.285 e. The van der Waals surface area contributed by atoms with E-state index in [4.69, 9.17) is 23.2 Å². The van der Waals surface area contributed by atoms with Gasteiger partial charge in [0.25, 0.3) is 0 Å². The Balaban J connectivity index is 2.38. The zero-order chi connectivity index (χ0) is 13.1. The molecule has 2 aromatic rings. The van der Waals surface area contributed by atoms with Crippen molar-refractivity contribution in [2.45, 2.75) is 0 Å². The van der Waals surface area contributed by atoms with Gasteiger partial charge < -0.3 is 0 Å². The van der Waals surface area contributed by atoms with E-state index in [1.165, 1.54) is 12.1 Å². The van der Waals surface area contributed by atoms with E-state index in [1.54, 1.807) is 36.4 Å². The van der Waals surface area contributed by atoms with Crippen LogP contribution in [0.15, 0.2) is 48.5 Å². The maximum Gasteiger partial charge on any atom is 0.235 e. The maximum absolute atomic E-state index is 12.0. The van der Waals surface area contributed by atoms with Gasteiger partial charge in [-0.3, -0.25) is 9.59 Å². The van der Waals surface area contributed by atoms with Crippen LogP contribution in [0, 0.1) is 0 Å². The lowest BCUT2D eigenvalue weighted by atomic mass is 10.0. The number of carbonyl (C=O) groups is 2. The van der Waals surface area contributed by atoms with Crippen molar-refractivity contribution in [1.82, 2.24) is 0 Å². The van der Waals surface area contributed by atoms with Crippen molar-refractivity contribution in [3.63, 3.8) is 0 Å². The lowest BCUT2D eigenvalue weighted by Gasteiger charge is -2.03. The lowest BCUT2D eigenvalue weighted by Crippen LogP contribution is -2.14. The first kappa shape index (κ1) is 12.8. The van der Waals surface area contributed by atoms with E-state index >= 15 is 0 Å². The number of hydrogen-bond donors (Lipinski definition) is 0. The zero-order valence-electron chi connectivity index (χ0n) is 9.19. The van der Waals surface area contributed by atoms with E-state index in [0.29, 0.717) is 10.6 Å². The highest BCUT2D eigenvalue weighted by molar-refractivity contribution is 6.52. The molecule has 0 fully saturated rings. The fourth-order valence-corrected chi connectivity index (χ4v) is 1.89. The van der Waals surface area contributed by atoms with Crippen LogP contribution in [0.5, 0.6) is 0 Å². The van der Waals surface area contributed by atoms with E-state index in [2.05, 4.69) is 0 Å². The van der Waals surface area contributed by atoms with Crippen molar-refractivity contribution in [2.24, 2.45) is 0 Å². The minimum atomic E-state index is -0.659. The molecule has 0 amide bonds. The summed E-state index contributed by atoms with van der Waals surface area (Å²) in [7, 11) is 0. The van der Waals surface area contributed by atoms with Crippen LogP contribution in [-0.4, -0.2) is 11.6 Å². The predicted octanol–water partition coefficient (Wildman–Crippen LogP) is 4.06. The molecule has 2 aromatic carbocycles. The number of benzene rings is 2. The molecule has 0 saturated heterocycles. The van der Waals surface area contributed by atoms with Gasteiger partial charge in [-0.2, -0.15) is 0 Å². The van der Waals surface area contributed by atoms with Crippen molar-refractivity contribution in [3.8, 4) is 0 Å². The fraction of sp³-hybridized carbons (Fsp3) is 0. The summed E-state index contributed by atoms with van der Waals surface area (Å²) in [5.74, 6) is -1.26. The third kappa shape index (κ3) is 2.61. The van der Waals surface area contributed by atoms with E-state index < -0.39 is 11.6 Å². The number of halogens is 2. The molecule has 18 heavy (non-hydrogen) atoms. The van der Waals surface area contributed by atoms with Crippen LogP contribution in [0.3, 0.4) is 0 Å². The van der Waals surface area contributed by atoms with E-state index in [9.17, 15) is 9.59 Å². The number of rotatable bonds is 3. The molecule has 0 aliphatic carbocycles. The number of ketones is 2. The predicted molar refractivity (Wildman–Crippen MR) is 71.6 cm³/mol. The Morgan fingerprint density at radius 2 is 1.50 bits per heavy atom. The molecule has 0 radical (unpaired) electrons. The summed E-state index contributed by atoms with van der Waals surface area (Å²) < 4.78 is 0. The highest BCUT2D eigenvalue weighted by Gasteiger charge is 2.20. The molecular weight excluding hydrogens is 271 g/mol. The van der Waals surface area contributed by atoms with Gasteiger partial charge in [-0.25, -0.2) is 0 Å². The van der Waals surface area contributed by atoms with E-state index in [0.717, 1.165) is 0 Å². The molecule has 2 nitrogen and oxygen atoms in total. The molecule has 0 saturated carbocycles. The number of hydrogen-bond acceptors (Lipinski definition) is 2. The summed E-state index contributed by atoms with van der Waals surface area (Å²) in [5.41, 5.74) is 0.455. The highest BCUT2D eigenvalue weighted by atomic mass is 35.5. The zero-order valence-corrected chi connectivity index (χ0v) is 10.7. The summed E-state index contributed by atoms with van der Waals surface area (Å²) in [6, 6.07) is 12.8. The molecule has 2 rings (SSSR count). The number of Topliss-reactive ketones (excluding diaryl/α,β-unsaturated/α-hetero) is 2. The van der Waals surface area contributed by atoms with Crippen LogP contribution in [0.2, 0.25) is 10.0 Å². The standard InChI is InChI=1S/C14H8Cl2O2/c15-10-6-7-12(16)11(8-10)14(18)13(17)9-4-2-1-3-5-9/h1-8H. The van der Waals surface area contributed by atoms with Crippen molar-refractivity contribution >= 4 is 34.8 Å². The highest BCUT2D eigenvalue weighted by Crippen LogP contribution is 2.22. The molecule has 90 valence electrons. The third-order valence-corrected chi connectivity index (χ3v) is 2.98. The Bertz CT molecular complexity index is 606. The van der Waals surface area contributed by atoms with Crippen LogP contribution in [-0.2, 0) is 0 Å². The average Bonchev–Trinajstić information content (AvgIpc) is 2.41. The Kier molecular flexibility index (Phi) is 3.80. The second-order valence-electron chi connectivity index (χ2n) is 3.65. The molecule has 0 N–H and O–H groups in total. The molecule has 0 atom stereocenters. The third-order valence-electron chi connectivity index (χ3n) is 2.42. The van der Waals surface area contributed by atoms with Crippen molar-refractivity contribution in [3.05, 3.63) is 69.7 Å². The Hall–Kier alpha value is -1.64. The lowest BCUT2D eigenvalue weighted by molar-refractivity contribution is 0.0817. The van der Waals surface area contributed by atoms with Gasteiger partial charge in [0.1, 0.15) is 0 Å². The SMILES string of the molecule is O=C(C(=O)c1cc(Cl)ccc1Cl)c1ccccc1. The normalized spacial score (nSPS) is 10.1. The monoisotopic (exact) mass is 278 g/mol. The van der Waals surface area contributed by atoms with E-state index in [1.807, 2.05) is 0 Å². The van der Waals surface area contributed by atoms with Crippen molar-refractivity contribution < 1.29 is 9.59 Å². The minimum absolute atomic E-state index is 0.123. The molecule has 4 heteroatoms. The Labute approximate surface area is 114 Å². The molecule has 0 spiro atoms. The van der Waals surface area contributed by atoms with Crippen LogP contribution in [0.1, 0.15) is 20.7 Å². The van der Waals surface area contributed by atoms with E-state index in [-0.39, 0.29) is 10.6 Å². The molecule has 0 aliphatic rings. The second kappa shape index (κ2) is 5.34. The largest absolute Gasteiger partial charge is 0.285 e. The van der Waals surface area contributed by atoms with Crippen molar-refractivity contribution in [1.29, 1.82) is 0 Å². The van der Waals surface area contributed by atoms with Gasteiger partial charge >= 0.3 is 0 Å². The fourth-order valence-electron chi connectivity index (χ4n) is 1.51. The molecule has 0 heterocycles. The van der Waals surface area contributed by atoms with Crippen molar-refractivity contribution in [2.75, 3.05) is 0 Å². The van der Waals surface area contributed by atoms with Crippen LogP contribution < -0.4 is 0 Å². The van der Waals surface area contributed by atoms with Gasteiger partial charge in [0, 0.05) is 16.1 Å². The first-order valence-corrected chi connectivity index (χ1v) is 5.94. The summed E-state index contributed by atoms with van der Waals surface area (Å²) in [6.45, 7) is 0. The Morgan fingerprint density at radius 3 is 2.17 bits per heavy atom. The second-order valence-corrected chi connectivity index (χ2v) is 4.49. The first-order chi connectivity index (χ1) is 8.59. The van der Waals surface area contributed by atoms with Gasteiger partial charge in [0.15, 0.2) is 0 Å². The van der Waals surface area contributed by atoms with Gasteiger partial charge in [-0.15, -0.1) is 0 Å². The average molecular weight is 279 g/mol. The van der Waals surface area contributed by atoms with Crippen LogP contribution >= 0.6 is 23.2 Å².